The van der Waals surface area contributed by atoms with E-state index in [2.05, 4.69) is 19.1 Å². The Labute approximate surface area is 125 Å². The first-order valence-electron chi connectivity index (χ1n) is 7.87. The average Bonchev–Trinajstić information content (AvgIpc) is 2.43. The van der Waals surface area contributed by atoms with E-state index in [9.17, 15) is 0 Å². The minimum absolute atomic E-state index is 0.561. The van der Waals surface area contributed by atoms with E-state index in [0.717, 1.165) is 25.9 Å². The van der Waals surface area contributed by atoms with E-state index in [0.29, 0.717) is 18.1 Å². The maximum atomic E-state index is 7.38. The lowest BCUT2D eigenvalue weighted by atomic mass is 10.0. The molecule has 0 aliphatic carbocycles. The van der Waals surface area contributed by atoms with Crippen molar-refractivity contribution < 1.29 is 7.48 Å². The Morgan fingerprint density at radius 1 is 1.37 bits per heavy atom. The molecule has 106 valence electrons. The van der Waals surface area contributed by atoms with E-state index in [1.165, 1.54) is 5.56 Å². The van der Waals surface area contributed by atoms with Gasteiger partial charge < -0.3 is 4.74 Å². The quantitative estimate of drug-likeness (QED) is 0.344. The number of ether oxygens (including phenoxy) is 1. The van der Waals surface area contributed by atoms with E-state index in [-0.39, 0.29) is 0 Å². The van der Waals surface area contributed by atoms with Gasteiger partial charge in [0.1, 0.15) is 0 Å². The van der Waals surface area contributed by atoms with E-state index in [4.69, 9.17) is 19.1 Å². The van der Waals surface area contributed by atoms with Gasteiger partial charge in [-0.1, -0.05) is 48.9 Å². The van der Waals surface area contributed by atoms with Gasteiger partial charge in [-0.05, 0) is 37.7 Å². The van der Waals surface area contributed by atoms with Crippen molar-refractivity contribution in [3.63, 3.8) is 0 Å². The number of rotatable bonds is 9. The van der Waals surface area contributed by atoms with E-state index < -0.39 is 5.83 Å². The SMILES string of the molecule is [2H]C([2H])(Cl)/C(C)=C/CCC(C)CCOCc1ccccc1. The summed E-state index contributed by atoms with van der Waals surface area (Å²) in [5, 5.41) is 0. The second-order valence-electron chi connectivity index (χ2n) is 4.99. The van der Waals surface area contributed by atoms with Crippen molar-refractivity contribution in [3.05, 3.63) is 47.5 Å². The Balaban J connectivity index is 2.13. The van der Waals surface area contributed by atoms with Crippen LogP contribution in [-0.2, 0) is 11.3 Å². The van der Waals surface area contributed by atoms with Crippen LogP contribution in [0.15, 0.2) is 42.0 Å². The van der Waals surface area contributed by atoms with Crippen molar-refractivity contribution in [3.8, 4) is 0 Å². The molecular formula is C17H25ClO. The maximum absolute atomic E-state index is 7.38. The summed E-state index contributed by atoms with van der Waals surface area (Å²) in [4.78, 5) is 0. The molecule has 0 radical (unpaired) electrons. The fourth-order valence-electron chi connectivity index (χ4n) is 1.82. The highest BCUT2D eigenvalue weighted by Crippen LogP contribution is 2.13. The van der Waals surface area contributed by atoms with Crippen molar-refractivity contribution in [1.82, 2.24) is 0 Å². The standard InChI is InChI=1S/C17H25ClO/c1-15(7-6-8-16(2)13-18)11-12-19-14-17-9-4-3-5-10-17/h3-5,8-10,15H,6-7,11-14H2,1-2H3/b16-8+/i13D2. The average molecular weight is 283 g/mol. The van der Waals surface area contributed by atoms with Gasteiger partial charge in [-0.15, -0.1) is 11.6 Å². The summed E-state index contributed by atoms with van der Waals surface area (Å²) >= 11 is 5.60. The van der Waals surface area contributed by atoms with Crippen LogP contribution in [0.2, 0.25) is 0 Å². The fraction of sp³-hybridized carbons (Fsp3) is 0.529. The minimum atomic E-state index is -1.72. The molecule has 2 heteroatoms. The largest absolute Gasteiger partial charge is 0.377 e. The first-order valence-corrected chi connectivity index (χ1v) is 7.25. The Bertz CT molecular complexity index is 426. The van der Waals surface area contributed by atoms with Crippen LogP contribution in [0.4, 0.5) is 0 Å². The number of hydrogen-bond donors (Lipinski definition) is 0. The highest BCUT2D eigenvalue weighted by Gasteiger charge is 2.01. The Morgan fingerprint density at radius 3 is 2.79 bits per heavy atom. The molecule has 0 saturated carbocycles. The lowest BCUT2D eigenvalue weighted by molar-refractivity contribution is 0.108. The van der Waals surface area contributed by atoms with Gasteiger partial charge in [0.05, 0.1) is 6.61 Å². The topological polar surface area (TPSA) is 9.23 Å². The van der Waals surface area contributed by atoms with Gasteiger partial charge in [-0.3, -0.25) is 0 Å². The lowest BCUT2D eigenvalue weighted by Gasteiger charge is -2.10. The minimum Gasteiger partial charge on any atom is -0.377 e. The third-order valence-electron chi connectivity index (χ3n) is 3.13. The van der Waals surface area contributed by atoms with Crippen molar-refractivity contribution in [2.75, 3.05) is 12.4 Å². The van der Waals surface area contributed by atoms with Crippen LogP contribution in [-0.4, -0.2) is 12.4 Å². The molecule has 0 aromatic heterocycles. The van der Waals surface area contributed by atoms with Gasteiger partial charge in [0.25, 0.3) is 0 Å². The van der Waals surface area contributed by atoms with Crippen LogP contribution < -0.4 is 0 Å². The molecule has 0 heterocycles. The van der Waals surface area contributed by atoms with Gasteiger partial charge in [-0.2, -0.15) is 0 Å². The number of halogens is 1. The van der Waals surface area contributed by atoms with Gasteiger partial charge in [-0.25, -0.2) is 0 Å². The molecule has 0 aliphatic rings. The molecular weight excluding hydrogens is 256 g/mol. The predicted molar refractivity (Wildman–Crippen MR) is 83.6 cm³/mol. The molecule has 19 heavy (non-hydrogen) atoms. The Hall–Kier alpha value is -0.790. The highest BCUT2D eigenvalue weighted by molar-refractivity contribution is 6.19. The normalized spacial score (nSPS) is 15.8. The summed E-state index contributed by atoms with van der Waals surface area (Å²) in [6, 6.07) is 10.2. The number of benzene rings is 1. The zero-order valence-electron chi connectivity index (χ0n) is 13.9. The van der Waals surface area contributed by atoms with Crippen LogP contribution in [0, 0.1) is 5.92 Å². The third-order valence-corrected chi connectivity index (χ3v) is 3.42. The van der Waals surface area contributed by atoms with Crippen LogP contribution in [0.3, 0.4) is 0 Å². The monoisotopic (exact) mass is 282 g/mol. The van der Waals surface area contributed by atoms with Gasteiger partial charge >= 0.3 is 0 Å². The van der Waals surface area contributed by atoms with Gasteiger partial charge in [0.15, 0.2) is 0 Å². The molecule has 0 amide bonds. The second kappa shape index (κ2) is 10.1. The number of alkyl halides is 1. The lowest BCUT2D eigenvalue weighted by Crippen LogP contribution is -2.02. The fourth-order valence-corrected chi connectivity index (χ4v) is 1.89. The predicted octanol–water partition coefficient (Wildman–Crippen LogP) is 5.19. The second-order valence-corrected chi connectivity index (χ2v) is 5.18. The first kappa shape index (κ1) is 13.2. The molecule has 1 aromatic rings. The Morgan fingerprint density at radius 2 is 2.11 bits per heavy atom. The third kappa shape index (κ3) is 8.07. The summed E-state index contributed by atoms with van der Waals surface area (Å²) in [7, 11) is 0. The zero-order valence-corrected chi connectivity index (χ0v) is 12.6. The molecule has 1 aromatic carbocycles. The summed E-state index contributed by atoms with van der Waals surface area (Å²) < 4.78 is 20.4. The summed E-state index contributed by atoms with van der Waals surface area (Å²) in [5.41, 5.74) is 1.80. The van der Waals surface area contributed by atoms with E-state index >= 15 is 0 Å². The number of hydrogen-bond acceptors (Lipinski definition) is 1. The molecule has 0 aliphatic heterocycles. The maximum Gasteiger partial charge on any atom is 0.0716 e. The van der Waals surface area contributed by atoms with Crippen LogP contribution >= 0.6 is 11.6 Å². The smallest absolute Gasteiger partial charge is 0.0716 e. The molecule has 1 unspecified atom stereocenters. The van der Waals surface area contributed by atoms with Gasteiger partial charge in [0, 0.05) is 15.2 Å². The van der Waals surface area contributed by atoms with Crippen LogP contribution in [0.5, 0.6) is 0 Å². The summed E-state index contributed by atoms with van der Waals surface area (Å²) in [6.45, 7) is 5.36. The van der Waals surface area contributed by atoms with Crippen molar-refractivity contribution in [2.24, 2.45) is 5.92 Å². The van der Waals surface area contributed by atoms with Crippen LogP contribution in [0.1, 0.15) is 41.4 Å². The first-order chi connectivity index (χ1) is 9.89. The zero-order chi connectivity index (χ0) is 15.7. The Kier molecular flexibility index (Phi) is 6.99. The van der Waals surface area contributed by atoms with Crippen molar-refractivity contribution in [1.29, 1.82) is 0 Å². The summed E-state index contributed by atoms with van der Waals surface area (Å²) in [5.74, 6) is -1.16. The molecule has 0 fully saturated rings. The van der Waals surface area contributed by atoms with Crippen molar-refractivity contribution >= 4 is 11.6 Å². The van der Waals surface area contributed by atoms with E-state index in [1.807, 2.05) is 24.3 Å². The molecule has 0 N–H and O–H groups in total. The molecule has 0 saturated heterocycles. The van der Waals surface area contributed by atoms with Crippen molar-refractivity contribution in [2.45, 2.75) is 39.7 Å². The summed E-state index contributed by atoms with van der Waals surface area (Å²) in [6.07, 6.45) is 4.80. The molecule has 1 atom stereocenters. The molecule has 0 spiro atoms. The molecule has 0 bridgehead atoms. The highest BCUT2D eigenvalue weighted by atomic mass is 35.5. The van der Waals surface area contributed by atoms with Gasteiger partial charge in [0.2, 0.25) is 0 Å². The molecule has 1 rings (SSSR count). The van der Waals surface area contributed by atoms with Crippen LogP contribution in [0.25, 0.3) is 0 Å². The number of allylic oxidation sites excluding steroid dienone is 2. The van der Waals surface area contributed by atoms with E-state index in [1.54, 1.807) is 6.92 Å². The molecule has 1 nitrogen and oxygen atoms in total.